The van der Waals surface area contributed by atoms with Crippen LogP contribution in [0.15, 0.2) is 30.3 Å². The van der Waals surface area contributed by atoms with Gasteiger partial charge in [0.25, 0.3) is 0 Å². The van der Waals surface area contributed by atoms with E-state index in [1.54, 1.807) is 4.90 Å². The van der Waals surface area contributed by atoms with E-state index in [-0.39, 0.29) is 18.4 Å². The van der Waals surface area contributed by atoms with Crippen molar-refractivity contribution in [1.29, 1.82) is 0 Å². The zero-order valence-corrected chi connectivity index (χ0v) is 10.5. The number of hydrogen-bond acceptors (Lipinski definition) is 2. The summed E-state index contributed by atoms with van der Waals surface area (Å²) in [5.41, 5.74) is 6.55. The van der Waals surface area contributed by atoms with Crippen LogP contribution >= 0.6 is 12.4 Å². The van der Waals surface area contributed by atoms with Crippen LogP contribution in [-0.4, -0.2) is 42.0 Å². The molecule has 2 amide bonds. The minimum atomic E-state index is -0.306. The van der Waals surface area contributed by atoms with Crippen molar-refractivity contribution in [2.24, 2.45) is 5.73 Å². The lowest BCUT2D eigenvalue weighted by Gasteiger charge is -2.33. The second-order valence-electron chi connectivity index (χ2n) is 4.09. The molecule has 0 saturated carbocycles. The number of urea groups is 1. The molecule has 0 atom stereocenters. The highest BCUT2D eigenvalue weighted by Crippen LogP contribution is 2.07. The van der Waals surface area contributed by atoms with Crippen LogP contribution in [0.25, 0.3) is 0 Å². The van der Waals surface area contributed by atoms with Gasteiger partial charge in [-0.05, 0) is 5.56 Å². The van der Waals surface area contributed by atoms with E-state index >= 15 is 0 Å². The van der Waals surface area contributed by atoms with E-state index in [0.29, 0.717) is 0 Å². The van der Waals surface area contributed by atoms with E-state index in [4.69, 9.17) is 5.73 Å². The largest absolute Gasteiger partial charge is 0.351 e. The van der Waals surface area contributed by atoms with Gasteiger partial charge in [-0.1, -0.05) is 30.3 Å². The van der Waals surface area contributed by atoms with Gasteiger partial charge in [-0.25, -0.2) is 4.79 Å². The highest BCUT2D eigenvalue weighted by atomic mass is 35.5. The molecule has 0 aliphatic carbocycles. The number of rotatable bonds is 2. The number of halogens is 1. The first-order valence-electron chi connectivity index (χ1n) is 5.56. The number of piperazine rings is 1. The molecule has 1 saturated heterocycles. The lowest BCUT2D eigenvalue weighted by atomic mass is 10.2. The molecule has 17 heavy (non-hydrogen) atoms. The summed E-state index contributed by atoms with van der Waals surface area (Å²) in [5.74, 6) is 0. The lowest BCUT2D eigenvalue weighted by molar-refractivity contribution is 0.140. The molecule has 2 N–H and O–H groups in total. The first-order chi connectivity index (χ1) is 7.75. The molecule has 94 valence electrons. The van der Waals surface area contributed by atoms with Gasteiger partial charge < -0.3 is 10.6 Å². The molecule has 1 aliphatic rings. The Balaban J connectivity index is 0.00000144. The maximum atomic E-state index is 10.9. The van der Waals surface area contributed by atoms with Gasteiger partial charge in [0, 0.05) is 32.7 Å². The Hall–Kier alpha value is -1.26. The second-order valence-corrected chi connectivity index (χ2v) is 4.09. The Morgan fingerprint density at radius 1 is 1.12 bits per heavy atom. The molecule has 0 radical (unpaired) electrons. The molecule has 0 unspecified atom stereocenters. The fraction of sp³-hybridized carbons (Fsp3) is 0.417. The highest BCUT2D eigenvalue weighted by molar-refractivity contribution is 5.85. The topological polar surface area (TPSA) is 49.6 Å². The van der Waals surface area contributed by atoms with Crippen molar-refractivity contribution in [2.75, 3.05) is 26.2 Å². The number of primary amides is 1. The molecule has 1 aromatic rings. The number of carbonyl (C=O) groups is 1. The van der Waals surface area contributed by atoms with Crippen molar-refractivity contribution in [3.63, 3.8) is 0 Å². The maximum Gasteiger partial charge on any atom is 0.314 e. The third kappa shape index (κ3) is 3.91. The van der Waals surface area contributed by atoms with Gasteiger partial charge in [0.05, 0.1) is 0 Å². The van der Waals surface area contributed by atoms with Crippen molar-refractivity contribution in [2.45, 2.75) is 6.54 Å². The van der Waals surface area contributed by atoms with E-state index in [0.717, 1.165) is 32.7 Å². The average molecular weight is 256 g/mol. The van der Waals surface area contributed by atoms with E-state index in [9.17, 15) is 4.79 Å². The van der Waals surface area contributed by atoms with Gasteiger partial charge in [-0.2, -0.15) is 0 Å². The zero-order chi connectivity index (χ0) is 11.4. The third-order valence-corrected chi connectivity index (χ3v) is 2.93. The van der Waals surface area contributed by atoms with Crippen LogP contribution in [-0.2, 0) is 6.54 Å². The van der Waals surface area contributed by atoms with Crippen LogP contribution in [0.1, 0.15) is 5.56 Å². The molecule has 0 aromatic heterocycles. The summed E-state index contributed by atoms with van der Waals surface area (Å²) in [6, 6.07) is 10.1. The molecule has 4 nitrogen and oxygen atoms in total. The Morgan fingerprint density at radius 3 is 2.24 bits per heavy atom. The quantitative estimate of drug-likeness (QED) is 0.866. The number of nitrogens with two attached hydrogens (primary N) is 1. The number of benzene rings is 1. The predicted molar refractivity (Wildman–Crippen MR) is 70.1 cm³/mol. The second kappa shape index (κ2) is 6.47. The lowest BCUT2D eigenvalue weighted by Crippen LogP contribution is -2.50. The fourth-order valence-electron chi connectivity index (χ4n) is 1.97. The number of nitrogens with zero attached hydrogens (tertiary/aromatic N) is 2. The van der Waals surface area contributed by atoms with Crippen LogP contribution in [0.3, 0.4) is 0 Å². The standard InChI is InChI=1S/C12H17N3O.ClH/c13-12(16)15-8-6-14(7-9-15)10-11-4-2-1-3-5-11;/h1-5H,6-10H2,(H2,13,16);1H. The third-order valence-electron chi connectivity index (χ3n) is 2.93. The molecule has 1 fully saturated rings. The van der Waals surface area contributed by atoms with Gasteiger partial charge in [-0.3, -0.25) is 4.90 Å². The molecular weight excluding hydrogens is 238 g/mol. The first kappa shape index (κ1) is 13.8. The number of amides is 2. The summed E-state index contributed by atoms with van der Waals surface area (Å²) >= 11 is 0. The molecule has 1 heterocycles. The average Bonchev–Trinajstić information content (AvgIpc) is 2.31. The van der Waals surface area contributed by atoms with E-state index in [1.165, 1.54) is 5.56 Å². The van der Waals surface area contributed by atoms with Gasteiger partial charge >= 0.3 is 6.03 Å². The Morgan fingerprint density at radius 2 is 1.71 bits per heavy atom. The first-order valence-corrected chi connectivity index (χ1v) is 5.56. The summed E-state index contributed by atoms with van der Waals surface area (Å²) in [7, 11) is 0. The fourth-order valence-corrected chi connectivity index (χ4v) is 1.97. The molecule has 1 aromatic carbocycles. The monoisotopic (exact) mass is 255 g/mol. The minimum absolute atomic E-state index is 0. The van der Waals surface area contributed by atoms with Gasteiger partial charge in [0.15, 0.2) is 0 Å². The summed E-state index contributed by atoms with van der Waals surface area (Å²) in [6.07, 6.45) is 0. The van der Waals surface area contributed by atoms with Crippen LogP contribution < -0.4 is 5.73 Å². The Labute approximate surface area is 108 Å². The highest BCUT2D eigenvalue weighted by Gasteiger charge is 2.18. The molecule has 1 aliphatic heterocycles. The molecule has 5 heteroatoms. The number of hydrogen-bond donors (Lipinski definition) is 1. The normalized spacial score (nSPS) is 16.4. The molecule has 0 spiro atoms. The van der Waals surface area contributed by atoms with E-state index in [1.807, 2.05) is 6.07 Å². The van der Waals surface area contributed by atoms with Crippen molar-refractivity contribution < 1.29 is 4.79 Å². The predicted octanol–water partition coefficient (Wildman–Crippen LogP) is 1.30. The van der Waals surface area contributed by atoms with Gasteiger partial charge in [0.2, 0.25) is 0 Å². The van der Waals surface area contributed by atoms with Gasteiger partial charge in [-0.15, -0.1) is 12.4 Å². The summed E-state index contributed by atoms with van der Waals surface area (Å²) in [6.45, 7) is 4.23. The van der Waals surface area contributed by atoms with E-state index in [2.05, 4.69) is 29.2 Å². The van der Waals surface area contributed by atoms with Crippen LogP contribution in [0.4, 0.5) is 4.79 Å². The maximum absolute atomic E-state index is 10.9. The molecular formula is C12H18ClN3O. The zero-order valence-electron chi connectivity index (χ0n) is 9.71. The minimum Gasteiger partial charge on any atom is -0.351 e. The summed E-state index contributed by atoms with van der Waals surface area (Å²) in [5, 5.41) is 0. The van der Waals surface area contributed by atoms with Crippen LogP contribution in [0, 0.1) is 0 Å². The van der Waals surface area contributed by atoms with Gasteiger partial charge in [0.1, 0.15) is 0 Å². The summed E-state index contributed by atoms with van der Waals surface area (Å²) < 4.78 is 0. The van der Waals surface area contributed by atoms with Crippen LogP contribution in [0.5, 0.6) is 0 Å². The number of carbonyl (C=O) groups excluding carboxylic acids is 1. The molecule has 2 rings (SSSR count). The van der Waals surface area contributed by atoms with E-state index < -0.39 is 0 Å². The summed E-state index contributed by atoms with van der Waals surface area (Å²) in [4.78, 5) is 15.0. The Bertz CT molecular complexity index is 350. The van der Waals surface area contributed by atoms with Crippen molar-refractivity contribution in [1.82, 2.24) is 9.80 Å². The SMILES string of the molecule is Cl.NC(=O)N1CCN(Cc2ccccc2)CC1. The molecule has 0 bridgehead atoms. The van der Waals surface area contributed by atoms with Crippen molar-refractivity contribution in [3.8, 4) is 0 Å². The van der Waals surface area contributed by atoms with Crippen molar-refractivity contribution in [3.05, 3.63) is 35.9 Å². The van der Waals surface area contributed by atoms with Crippen molar-refractivity contribution >= 4 is 18.4 Å². The smallest absolute Gasteiger partial charge is 0.314 e. The Kier molecular flexibility index (Phi) is 5.25. The van der Waals surface area contributed by atoms with Crippen LogP contribution in [0.2, 0.25) is 0 Å².